The molecule has 0 saturated heterocycles. The van der Waals surface area contributed by atoms with Gasteiger partial charge in [0.05, 0.1) is 18.6 Å². The highest BCUT2D eigenvalue weighted by Crippen LogP contribution is 2.26. The molecule has 100 valence electrons. The first kappa shape index (κ1) is 15.5. The van der Waals surface area contributed by atoms with Gasteiger partial charge in [0.2, 0.25) is 0 Å². The average Bonchev–Trinajstić information content (AvgIpc) is 2.34. The number of hydrogen-bond donors (Lipinski definition) is 1. The van der Waals surface area contributed by atoms with E-state index in [-0.39, 0.29) is 5.78 Å². The quantitative estimate of drug-likeness (QED) is 0.662. The van der Waals surface area contributed by atoms with Crippen molar-refractivity contribution < 1.29 is 14.5 Å². The van der Waals surface area contributed by atoms with E-state index in [0.29, 0.717) is 5.56 Å². The van der Waals surface area contributed by atoms with Gasteiger partial charge < -0.3 is 5.11 Å². The van der Waals surface area contributed by atoms with Crippen molar-refractivity contribution in [1.29, 1.82) is 5.26 Å². The predicted octanol–water partition coefficient (Wildman–Crippen LogP) is 2.59. The lowest BCUT2D eigenvalue weighted by molar-refractivity contribution is 0.0959. The molecule has 0 aromatic heterocycles. The molecule has 4 nitrogen and oxygen atoms in total. The Kier molecular flexibility index (Phi) is 5.35. The van der Waals surface area contributed by atoms with Crippen LogP contribution in [0.4, 0.5) is 0 Å². The molecule has 5 heteroatoms. The summed E-state index contributed by atoms with van der Waals surface area (Å²) in [5, 5.41) is 18.0. The van der Waals surface area contributed by atoms with Crippen LogP contribution in [-0.2, 0) is 4.57 Å². The number of benzene rings is 1. The molecule has 2 atom stereocenters. The fourth-order valence-electron chi connectivity index (χ4n) is 2.23. The zero-order chi connectivity index (χ0) is 14.6. The predicted molar refractivity (Wildman–Crippen MR) is 72.6 cm³/mol. The lowest BCUT2D eigenvalue weighted by Crippen LogP contribution is -2.27. The Morgan fingerprint density at radius 3 is 2.26 bits per heavy atom. The Morgan fingerprint density at radius 2 is 1.89 bits per heavy atom. The van der Waals surface area contributed by atoms with Gasteiger partial charge in [-0.1, -0.05) is 17.7 Å². The van der Waals surface area contributed by atoms with Gasteiger partial charge in [0.15, 0.2) is 14.2 Å². The van der Waals surface area contributed by atoms with E-state index < -0.39 is 26.6 Å². The smallest absolute Gasteiger partial charge is 0.179 e. The number of aliphatic hydroxyl groups excluding tert-OH is 1. The first-order valence-corrected chi connectivity index (χ1v) is 6.79. The maximum absolute atomic E-state index is 12.4. The van der Waals surface area contributed by atoms with Crippen LogP contribution in [0.3, 0.4) is 0 Å². The van der Waals surface area contributed by atoms with Gasteiger partial charge in [-0.3, -0.25) is 9.36 Å². The van der Waals surface area contributed by atoms with Crippen LogP contribution in [-0.4, -0.2) is 23.2 Å². The number of aryl methyl sites for hydroxylation is 3. The standard InChI is InChI=1S/C14H16NO3P/c1-8-4-9(2)12(10(3)5-8)13(17)14(19-18)11(6-15)7-16/h4-5,11,14,16H,7H2,1-3H3. The summed E-state index contributed by atoms with van der Waals surface area (Å²) in [6.07, 6.45) is 0. The highest BCUT2D eigenvalue weighted by molar-refractivity contribution is 7.26. The van der Waals surface area contributed by atoms with Crippen LogP contribution >= 0.6 is 8.46 Å². The van der Waals surface area contributed by atoms with Gasteiger partial charge in [0.25, 0.3) is 0 Å². The van der Waals surface area contributed by atoms with Gasteiger partial charge in [-0.25, -0.2) is 0 Å². The number of nitriles is 1. The van der Waals surface area contributed by atoms with Crippen LogP contribution in [0.2, 0.25) is 0 Å². The lowest BCUT2D eigenvalue weighted by Gasteiger charge is -2.16. The zero-order valence-electron chi connectivity index (χ0n) is 11.2. The molecule has 0 aliphatic carbocycles. The molecular weight excluding hydrogens is 261 g/mol. The number of nitrogens with zero attached hydrogens (tertiary/aromatic N) is 1. The Morgan fingerprint density at radius 1 is 1.37 bits per heavy atom. The van der Waals surface area contributed by atoms with Gasteiger partial charge in [-0.2, -0.15) is 5.26 Å². The minimum Gasteiger partial charge on any atom is -0.395 e. The van der Waals surface area contributed by atoms with Gasteiger partial charge in [0.1, 0.15) is 5.66 Å². The lowest BCUT2D eigenvalue weighted by atomic mass is 9.91. The average molecular weight is 277 g/mol. The highest BCUT2D eigenvalue weighted by atomic mass is 31.1. The minimum absolute atomic E-state index is 0.354. The number of rotatable bonds is 5. The van der Waals surface area contributed by atoms with Crippen molar-refractivity contribution in [3.8, 4) is 6.07 Å². The first-order chi connectivity index (χ1) is 8.96. The van der Waals surface area contributed by atoms with Crippen LogP contribution in [0.25, 0.3) is 0 Å². The maximum Gasteiger partial charge on any atom is 0.179 e. The van der Waals surface area contributed by atoms with Gasteiger partial charge >= 0.3 is 0 Å². The van der Waals surface area contributed by atoms with E-state index in [4.69, 9.17) is 10.4 Å². The second kappa shape index (κ2) is 6.56. The summed E-state index contributed by atoms with van der Waals surface area (Å²) in [6, 6.07) is 5.57. The molecular formula is C14H16NO3P. The number of carbonyl (C=O) groups is 1. The molecule has 0 amide bonds. The molecule has 1 N–H and O–H groups in total. The molecule has 1 aromatic carbocycles. The minimum atomic E-state index is -1.02. The molecule has 1 aromatic rings. The molecule has 0 aliphatic rings. The summed E-state index contributed by atoms with van der Waals surface area (Å²) >= 11 is 0. The van der Waals surface area contributed by atoms with Gasteiger partial charge in [0, 0.05) is 5.56 Å². The van der Waals surface area contributed by atoms with Crippen molar-refractivity contribution in [2.45, 2.75) is 26.4 Å². The van der Waals surface area contributed by atoms with E-state index in [1.807, 2.05) is 39.0 Å². The fraction of sp³-hybridized carbons (Fsp3) is 0.429. The molecule has 2 unspecified atom stereocenters. The number of aliphatic hydroxyl groups is 1. The molecule has 0 radical (unpaired) electrons. The van der Waals surface area contributed by atoms with Crippen molar-refractivity contribution in [1.82, 2.24) is 0 Å². The zero-order valence-corrected chi connectivity index (χ0v) is 12.1. The summed E-state index contributed by atoms with van der Waals surface area (Å²) in [6.45, 7) is 5.08. The summed E-state index contributed by atoms with van der Waals surface area (Å²) in [7, 11) is -0.437. The molecule has 0 spiro atoms. The molecule has 19 heavy (non-hydrogen) atoms. The van der Waals surface area contributed by atoms with Crippen LogP contribution in [0.15, 0.2) is 12.1 Å². The van der Waals surface area contributed by atoms with E-state index in [2.05, 4.69) is 0 Å². The Balaban J connectivity index is 3.26. The molecule has 0 bridgehead atoms. The maximum atomic E-state index is 12.4. The summed E-state index contributed by atoms with van der Waals surface area (Å²) in [4.78, 5) is 12.4. The summed E-state index contributed by atoms with van der Waals surface area (Å²) in [5.41, 5.74) is 2.11. The second-order valence-electron chi connectivity index (χ2n) is 4.61. The van der Waals surface area contributed by atoms with Crippen molar-refractivity contribution >= 4 is 14.2 Å². The number of carbonyl (C=O) groups excluding carboxylic acids is 1. The highest BCUT2D eigenvalue weighted by Gasteiger charge is 2.31. The molecule has 0 heterocycles. The second-order valence-corrected chi connectivity index (χ2v) is 5.37. The number of ketones is 1. The summed E-state index contributed by atoms with van der Waals surface area (Å²) in [5.74, 6) is -1.31. The van der Waals surface area contributed by atoms with Crippen molar-refractivity contribution in [3.05, 3.63) is 34.4 Å². The van der Waals surface area contributed by atoms with E-state index >= 15 is 0 Å². The summed E-state index contributed by atoms with van der Waals surface area (Å²) < 4.78 is 11.2. The van der Waals surface area contributed by atoms with Crippen LogP contribution in [0.1, 0.15) is 27.0 Å². The third kappa shape index (κ3) is 3.26. The number of Topliss-reactive ketones (excluding diaryl/α,β-unsaturated/α-hetero) is 1. The fourth-order valence-corrected chi connectivity index (χ4v) is 2.76. The SMILES string of the molecule is Cc1cc(C)c(C(=O)C(P=O)C(C#N)CO)c(C)c1. The molecule has 0 aliphatic heterocycles. The normalized spacial score (nSPS) is 13.8. The van der Waals surface area contributed by atoms with Crippen molar-refractivity contribution in [3.63, 3.8) is 0 Å². The van der Waals surface area contributed by atoms with Gasteiger partial charge in [-0.05, 0) is 31.9 Å². The van der Waals surface area contributed by atoms with E-state index in [0.717, 1.165) is 16.7 Å². The van der Waals surface area contributed by atoms with Crippen LogP contribution in [0.5, 0.6) is 0 Å². The van der Waals surface area contributed by atoms with Crippen molar-refractivity contribution in [2.75, 3.05) is 6.61 Å². The van der Waals surface area contributed by atoms with Crippen LogP contribution < -0.4 is 0 Å². The van der Waals surface area contributed by atoms with E-state index in [9.17, 15) is 9.36 Å². The van der Waals surface area contributed by atoms with E-state index in [1.54, 1.807) is 0 Å². The Labute approximate surface area is 114 Å². The Bertz CT molecular complexity index is 525. The number of hydrogen-bond acceptors (Lipinski definition) is 4. The van der Waals surface area contributed by atoms with Crippen molar-refractivity contribution in [2.24, 2.45) is 5.92 Å². The van der Waals surface area contributed by atoms with E-state index in [1.165, 1.54) is 0 Å². The van der Waals surface area contributed by atoms with Crippen LogP contribution in [0, 0.1) is 38.0 Å². The largest absolute Gasteiger partial charge is 0.395 e. The molecule has 1 rings (SSSR count). The third-order valence-corrected chi connectivity index (χ3v) is 3.87. The third-order valence-electron chi connectivity index (χ3n) is 3.05. The first-order valence-electron chi connectivity index (χ1n) is 5.91. The monoisotopic (exact) mass is 277 g/mol. The molecule has 0 fully saturated rings. The molecule has 0 saturated carbocycles. The topological polar surface area (TPSA) is 78.2 Å². The Hall–Kier alpha value is -1.56. The van der Waals surface area contributed by atoms with Gasteiger partial charge in [-0.15, -0.1) is 0 Å².